The number of rotatable bonds is 6. The molecule has 1 N–H and O–H groups in total. The number of halogens is 2. The van der Waals surface area contributed by atoms with E-state index in [1.807, 2.05) is 6.07 Å². The van der Waals surface area contributed by atoms with Crippen LogP contribution < -0.4 is 5.32 Å². The summed E-state index contributed by atoms with van der Waals surface area (Å²) in [6.07, 6.45) is 2.55. The standard InChI is InChI=1S/C19H17ClFNO3/c1-13(16-7-2-3-8-17(16)20)22-18(23)12-25-19(24)10-9-14-5-4-6-15(21)11-14/h2-11,13H,12H2,1H3,(H,22,23)/b10-9+/t13-/m0/s1. The molecule has 4 nitrogen and oxygen atoms in total. The Kier molecular flexibility index (Phi) is 6.71. The predicted molar refractivity (Wildman–Crippen MR) is 94.4 cm³/mol. The molecule has 2 aromatic carbocycles. The van der Waals surface area contributed by atoms with Crippen LogP contribution in [-0.4, -0.2) is 18.5 Å². The largest absolute Gasteiger partial charge is 0.452 e. The molecule has 0 saturated heterocycles. The van der Waals surface area contributed by atoms with Crippen molar-refractivity contribution in [3.63, 3.8) is 0 Å². The summed E-state index contributed by atoms with van der Waals surface area (Å²) in [5.41, 5.74) is 1.29. The van der Waals surface area contributed by atoms with Gasteiger partial charge in [-0.25, -0.2) is 9.18 Å². The number of benzene rings is 2. The lowest BCUT2D eigenvalue weighted by Gasteiger charge is -2.15. The van der Waals surface area contributed by atoms with Crippen LogP contribution in [0.4, 0.5) is 4.39 Å². The van der Waals surface area contributed by atoms with Crippen LogP contribution in [0.3, 0.4) is 0 Å². The van der Waals surface area contributed by atoms with E-state index in [4.69, 9.17) is 16.3 Å². The number of hydrogen-bond acceptors (Lipinski definition) is 3. The average Bonchev–Trinajstić information content (AvgIpc) is 2.58. The van der Waals surface area contributed by atoms with Crippen LogP contribution in [0.1, 0.15) is 24.1 Å². The minimum Gasteiger partial charge on any atom is -0.452 e. The van der Waals surface area contributed by atoms with Crippen LogP contribution in [0.25, 0.3) is 6.08 Å². The highest BCUT2D eigenvalue weighted by Gasteiger charge is 2.13. The minimum atomic E-state index is -0.690. The molecule has 1 amide bonds. The molecule has 0 aliphatic heterocycles. The molecular formula is C19H17ClFNO3. The molecule has 0 aliphatic rings. The molecule has 0 spiro atoms. The van der Waals surface area contributed by atoms with Crippen molar-refractivity contribution < 1.29 is 18.7 Å². The van der Waals surface area contributed by atoms with Crippen LogP contribution in [0.5, 0.6) is 0 Å². The van der Waals surface area contributed by atoms with Crippen LogP contribution >= 0.6 is 11.6 Å². The molecule has 6 heteroatoms. The van der Waals surface area contributed by atoms with Crippen molar-refractivity contribution >= 4 is 29.6 Å². The lowest BCUT2D eigenvalue weighted by atomic mass is 10.1. The third-order valence-electron chi connectivity index (χ3n) is 3.36. The van der Waals surface area contributed by atoms with Gasteiger partial charge < -0.3 is 10.1 Å². The quantitative estimate of drug-likeness (QED) is 0.627. The van der Waals surface area contributed by atoms with Gasteiger partial charge in [0.1, 0.15) is 5.82 Å². The lowest BCUT2D eigenvalue weighted by molar-refractivity contribution is -0.144. The van der Waals surface area contributed by atoms with Crippen molar-refractivity contribution in [1.29, 1.82) is 0 Å². The molecule has 2 rings (SSSR count). The molecule has 25 heavy (non-hydrogen) atoms. The number of carbonyl (C=O) groups is 2. The summed E-state index contributed by atoms with van der Waals surface area (Å²) < 4.78 is 17.9. The van der Waals surface area contributed by atoms with Gasteiger partial charge in [-0.15, -0.1) is 0 Å². The maximum atomic E-state index is 13.0. The minimum absolute atomic E-state index is 0.317. The Morgan fingerprint density at radius 1 is 1.24 bits per heavy atom. The molecule has 1 atom stereocenters. The number of nitrogens with one attached hydrogen (secondary N) is 1. The number of hydrogen-bond donors (Lipinski definition) is 1. The third-order valence-corrected chi connectivity index (χ3v) is 3.70. The number of ether oxygens (including phenoxy) is 1. The monoisotopic (exact) mass is 361 g/mol. The summed E-state index contributed by atoms with van der Waals surface area (Å²) in [5, 5.41) is 3.25. The van der Waals surface area contributed by atoms with Crippen molar-refractivity contribution in [2.75, 3.05) is 6.61 Å². The van der Waals surface area contributed by atoms with E-state index < -0.39 is 24.3 Å². The molecule has 0 bridgehead atoms. The first-order chi connectivity index (χ1) is 12.0. The molecule has 0 heterocycles. The van der Waals surface area contributed by atoms with E-state index in [9.17, 15) is 14.0 Å². The van der Waals surface area contributed by atoms with Gasteiger partial charge in [0.15, 0.2) is 6.61 Å². The van der Waals surface area contributed by atoms with Gasteiger partial charge >= 0.3 is 5.97 Å². The van der Waals surface area contributed by atoms with E-state index >= 15 is 0 Å². The first-order valence-electron chi connectivity index (χ1n) is 7.60. The van der Waals surface area contributed by atoms with Crippen molar-refractivity contribution in [3.8, 4) is 0 Å². The zero-order valence-electron chi connectivity index (χ0n) is 13.5. The predicted octanol–water partition coefficient (Wildman–Crippen LogP) is 3.91. The van der Waals surface area contributed by atoms with Crippen LogP contribution in [0, 0.1) is 5.82 Å². The normalized spacial score (nSPS) is 12.0. The van der Waals surface area contributed by atoms with Crippen LogP contribution in [-0.2, 0) is 14.3 Å². The SMILES string of the molecule is C[C@H](NC(=O)COC(=O)/C=C/c1cccc(F)c1)c1ccccc1Cl. The second kappa shape index (κ2) is 8.99. The maximum absolute atomic E-state index is 13.0. The van der Waals surface area contributed by atoms with Gasteiger partial charge in [0.05, 0.1) is 6.04 Å². The van der Waals surface area contributed by atoms with E-state index in [-0.39, 0.29) is 6.04 Å². The molecule has 0 radical (unpaired) electrons. The maximum Gasteiger partial charge on any atom is 0.331 e. The summed E-state index contributed by atoms with van der Waals surface area (Å²) >= 11 is 6.07. The highest BCUT2D eigenvalue weighted by atomic mass is 35.5. The van der Waals surface area contributed by atoms with Gasteiger partial charge in [0.25, 0.3) is 5.91 Å². The highest BCUT2D eigenvalue weighted by Crippen LogP contribution is 2.21. The molecular weight excluding hydrogens is 345 g/mol. The Labute approximate surface area is 150 Å². The molecule has 0 aromatic heterocycles. The van der Waals surface area contributed by atoms with Crippen molar-refractivity contribution in [1.82, 2.24) is 5.32 Å². The molecule has 0 saturated carbocycles. The third kappa shape index (κ3) is 6.04. The van der Waals surface area contributed by atoms with Gasteiger partial charge in [-0.05, 0) is 42.3 Å². The van der Waals surface area contributed by atoms with Crippen LogP contribution in [0.2, 0.25) is 5.02 Å². The second-order valence-corrected chi connectivity index (χ2v) is 5.71. The van der Waals surface area contributed by atoms with Crippen molar-refractivity contribution in [2.45, 2.75) is 13.0 Å². The Morgan fingerprint density at radius 3 is 2.72 bits per heavy atom. The molecule has 130 valence electrons. The van der Waals surface area contributed by atoms with E-state index in [0.717, 1.165) is 11.6 Å². The average molecular weight is 362 g/mol. The zero-order chi connectivity index (χ0) is 18.2. The Morgan fingerprint density at radius 2 is 2.00 bits per heavy atom. The number of amides is 1. The van der Waals surface area contributed by atoms with E-state index in [1.54, 1.807) is 31.2 Å². The smallest absolute Gasteiger partial charge is 0.331 e. The van der Waals surface area contributed by atoms with E-state index in [2.05, 4.69) is 5.32 Å². The fourth-order valence-electron chi connectivity index (χ4n) is 2.15. The van der Waals surface area contributed by atoms with Gasteiger partial charge in [0, 0.05) is 11.1 Å². The highest BCUT2D eigenvalue weighted by molar-refractivity contribution is 6.31. The van der Waals surface area contributed by atoms with E-state index in [1.165, 1.54) is 24.3 Å². The lowest BCUT2D eigenvalue weighted by Crippen LogP contribution is -2.31. The fraction of sp³-hybridized carbons (Fsp3) is 0.158. The summed E-state index contributed by atoms with van der Waals surface area (Å²) in [5.74, 6) is -1.53. The summed E-state index contributed by atoms with van der Waals surface area (Å²) in [4.78, 5) is 23.5. The number of carbonyl (C=O) groups excluding carboxylic acids is 2. The summed E-state index contributed by atoms with van der Waals surface area (Å²) in [7, 11) is 0. The van der Waals surface area contributed by atoms with Gasteiger partial charge in [0.2, 0.25) is 0 Å². The second-order valence-electron chi connectivity index (χ2n) is 5.31. The molecule has 2 aromatic rings. The summed E-state index contributed by atoms with van der Waals surface area (Å²) in [6, 6.07) is 12.6. The zero-order valence-corrected chi connectivity index (χ0v) is 14.3. The van der Waals surface area contributed by atoms with Gasteiger partial charge in [-0.2, -0.15) is 0 Å². The molecule has 0 fully saturated rings. The Bertz CT molecular complexity index is 792. The molecule has 0 unspecified atom stereocenters. The van der Waals surface area contributed by atoms with Crippen molar-refractivity contribution in [3.05, 3.63) is 76.6 Å². The topological polar surface area (TPSA) is 55.4 Å². The van der Waals surface area contributed by atoms with Crippen molar-refractivity contribution in [2.24, 2.45) is 0 Å². The fourth-order valence-corrected chi connectivity index (χ4v) is 2.45. The first kappa shape index (κ1) is 18.7. The van der Waals surface area contributed by atoms with E-state index in [0.29, 0.717) is 10.6 Å². The van der Waals surface area contributed by atoms with Gasteiger partial charge in [-0.1, -0.05) is 41.9 Å². The first-order valence-corrected chi connectivity index (χ1v) is 7.97. The van der Waals surface area contributed by atoms with Gasteiger partial charge in [-0.3, -0.25) is 4.79 Å². The Balaban J connectivity index is 1.81. The number of esters is 1. The summed E-state index contributed by atoms with van der Waals surface area (Å²) in [6.45, 7) is 1.37. The Hall–Kier alpha value is -2.66. The molecule has 0 aliphatic carbocycles. The van der Waals surface area contributed by atoms with Crippen LogP contribution in [0.15, 0.2) is 54.6 Å².